The van der Waals surface area contributed by atoms with Gasteiger partial charge in [0.05, 0.1) is 25.1 Å². The van der Waals surface area contributed by atoms with E-state index in [9.17, 15) is 9.90 Å². The molecular weight excluding hydrogens is 570 g/mol. The fourth-order valence-corrected chi connectivity index (χ4v) is 6.31. The van der Waals surface area contributed by atoms with Gasteiger partial charge < -0.3 is 29.8 Å². The molecule has 11 nitrogen and oxygen atoms in total. The first kappa shape index (κ1) is 30.1. The quantitative estimate of drug-likeness (QED) is 0.239. The molecule has 0 saturated carbocycles. The average molecular weight is 608 g/mol. The monoisotopic (exact) mass is 607 g/mol. The maximum atomic E-state index is 12.2. The molecule has 232 valence electrons. The van der Waals surface area contributed by atoms with Crippen LogP contribution in [0.3, 0.4) is 0 Å². The predicted molar refractivity (Wildman–Crippen MR) is 172 cm³/mol. The topological polar surface area (TPSA) is 132 Å². The van der Waals surface area contributed by atoms with Crippen LogP contribution in [0, 0.1) is 24.7 Å². The van der Waals surface area contributed by atoms with Gasteiger partial charge in [-0.2, -0.15) is 0 Å². The van der Waals surface area contributed by atoms with Crippen molar-refractivity contribution in [3.63, 3.8) is 0 Å². The largest absolute Gasteiger partial charge is 0.493 e. The molecular formula is C34H37N7O4. The van der Waals surface area contributed by atoms with E-state index in [0.717, 1.165) is 53.8 Å². The van der Waals surface area contributed by atoms with Crippen LogP contribution in [0.1, 0.15) is 24.2 Å². The van der Waals surface area contributed by atoms with Gasteiger partial charge in [-0.3, -0.25) is 9.69 Å². The molecule has 3 N–H and O–H groups in total. The Balaban J connectivity index is 1.26. The van der Waals surface area contributed by atoms with E-state index < -0.39 is 0 Å². The fraction of sp³-hybridized carbons (Fsp3) is 0.353. The summed E-state index contributed by atoms with van der Waals surface area (Å²) in [5.74, 6) is 8.92. The Morgan fingerprint density at radius 2 is 2.04 bits per heavy atom. The number of aryl methyl sites for hydroxylation is 2. The normalized spacial score (nSPS) is 18.6. The number of benzene rings is 1. The van der Waals surface area contributed by atoms with Crippen LogP contribution in [0.5, 0.6) is 17.4 Å². The van der Waals surface area contributed by atoms with Crippen LogP contribution in [-0.2, 0) is 11.8 Å². The number of hydrogen-bond donors (Lipinski definition) is 2. The molecule has 1 unspecified atom stereocenters. The molecule has 0 radical (unpaired) electrons. The Morgan fingerprint density at radius 3 is 2.78 bits per heavy atom. The minimum atomic E-state index is -0.189. The van der Waals surface area contributed by atoms with Crippen molar-refractivity contribution in [2.24, 2.45) is 13.0 Å². The molecule has 3 aromatic heterocycles. The van der Waals surface area contributed by atoms with Crippen molar-refractivity contribution >= 4 is 22.8 Å². The van der Waals surface area contributed by atoms with E-state index in [1.807, 2.05) is 48.9 Å². The maximum absolute atomic E-state index is 12.2. The Bertz CT molecular complexity index is 1820. The number of piperidine rings is 1. The van der Waals surface area contributed by atoms with Gasteiger partial charge in [-0.15, -0.1) is 0 Å². The van der Waals surface area contributed by atoms with E-state index in [-0.39, 0.29) is 24.5 Å². The number of carbonyl (C=O) groups excluding carboxylic acids is 1. The zero-order valence-electron chi connectivity index (χ0n) is 25.7. The van der Waals surface area contributed by atoms with Gasteiger partial charge in [-0.25, -0.2) is 15.0 Å². The van der Waals surface area contributed by atoms with Crippen molar-refractivity contribution in [2.45, 2.75) is 31.8 Å². The summed E-state index contributed by atoms with van der Waals surface area (Å²) in [6, 6.07) is 11.4. The number of anilines is 1. The first-order valence-electron chi connectivity index (χ1n) is 15.0. The molecule has 4 aromatic rings. The number of rotatable bonds is 7. The van der Waals surface area contributed by atoms with E-state index in [1.54, 1.807) is 18.1 Å². The summed E-state index contributed by atoms with van der Waals surface area (Å²) >= 11 is 0. The summed E-state index contributed by atoms with van der Waals surface area (Å²) in [4.78, 5) is 29.5. The molecule has 0 spiro atoms. The summed E-state index contributed by atoms with van der Waals surface area (Å²) in [5, 5.41) is 10.6. The molecule has 0 bridgehead atoms. The number of amides is 1. The molecule has 2 aliphatic rings. The van der Waals surface area contributed by atoms with Gasteiger partial charge in [-0.05, 0) is 55.5 Å². The minimum absolute atomic E-state index is 0.0519. The molecule has 2 atom stereocenters. The number of nitrogen functional groups attached to an aromatic ring is 1. The number of ether oxygens (including phenoxy) is 2. The van der Waals surface area contributed by atoms with E-state index in [2.05, 4.69) is 38.3 Å². The van der Waals surface area contributed by atoms with Crippen molar-refractivity contribution < 1.29 is 19.4 Å². The highest BCUT2D eigenvalue weighted by Gasteiger charge is 2.37. The number of methoxy groups -OCH3 is 1. The zero-order chi connectivity index (χ0) is 31.7. The number of aliphatic hydroxyl groups is 1. The lowest BCUT2D eigenvalue weighted by Crippen LogP contribution is -2.58. The molecule has 0 aliphatic carbocycles. The third kappa shape index (κ3) is 5.82. The number of carbonyl (C=O) groups is 1. The summed E-state index contributed by atoms with van der Waals surface area (Å²) in [7, 11) is 3.53. The van der Waals surface area contributed by atoms with Gasteiger partial charge in [0.1, 0.15) is 23.5 Å². The lowest BCUT2D eigenvalue weighted by molar-refractivity contribution is -0.132. The van der Waals surface area contributed by atoms with Crippen molar-refractivity contribution in [1.29, 1.82) is 0 Å². The zero-order valence-corrected chi connectivity index (χ0v) is 25.7. The maximum Gasteiger partial charge on any atom is 0.246 e. The second kappa shape index (κ2) is 12.6. The molecule has 45 heavy (non-hydrogen) atoms. The Kier molecular flexibility index (Phi) is 8.43. The highest BCUT2D eigenvalue weighted by molar-refractivity contribution is 6.03. The van der Waals surface area contributed by atoms with Crippen LogP contribution < -0.4 is 15.2 Å². The standard InChI is InChI=1S/C34H37N7O4/c1-5-30(43)41-14-13-24(16-25(41)19-42)40-17-22(18-40)9-11-26-31(32-33(35)36-20-37-34(32)39(26)3)23-10-12-27(28(15-23)44-4)45-29-8-6-7-21(2)38-29/h5-8,10,12,15,20,22,24-25,42H,1,13-14,16-19H2,2-4H3,(H2,35,36,37)/t24?,25-/m0/s1. The number of fused-ring (bicyclic) bond motifs is 1. The van der Waals surface area contributed by atoms with Gasteiger partial charge in [0.2, 0.25) is 11.8 Å². The number of aromatic nitrogens is 4. The van der Waals surface area contributed by atoms with Crippen LogP contribution in [0.2, 0.25) is 0 Å². The number of aliphatic hydroxyl groups excluding tert-OH is 1. The second-order valence-electron chi connectivity index (χ2n) is 11.5. The second-order valence-corrected chi connectivity index (χ2v) is 11.5. The van der Waals surface area contributed by atoms with Crippen LogP contribution >= 0.6 is 0 Å². The lowest BCUT2D eigenvalue weighted by Gasteiger charge is -2.48. The Morgan fingerprint density at radius 1 is 1.22 bits per heavy atom. The summed E-state index contributed by atoms with van der Waals surface area (Å²) in [6.07, 6.45) is 4.38. The summed E-state index contributed by atoms with van der Waals surface area (Å²) < 4.78 is 13.7. The van der Waals surface area contributed by atoms with E-state index in [0.29, 0.717) is 41.4 Å². The van der Waals surface area contributed by atoms with Crippen molar-refractivity contribution in [3.05, 3.63) is 66.8 Å². The van der Waals surface area contributed by atoms with Crippen molar-refractivity contribution in [2.75, 3.05) is 39.1 Å². The molecule has 11 heteroatoms. The number of nitrogens with two attached hydrogens (primary N) is 1. The number of hydrogen-bond acceptors (Lipinski definition) is 9. The molecule has 1 amide bonds. The van der Waals surface area contributed by atoms with Crippen LogP contribution in [0.15, 0.2) is 55.4 Å². The van der Waals surface area contributed by atoms with Gasteiger partial charge in [0.15, 0.2) is 11.5 Å². The van der Waals surface area contributed by atoms with Crippen LogP contribution in [0.25, 0.3) is 22.2 Å². The van der Waals surface area contributed by atoms with Gasteiger partial charge in [-0.1, -0.05) is 24.6 Å². The van der Waals surface area contributed by atoms with E-state index >= 15 is 0 Å². The Hall–Kier alpha value is -4.92. The number of likely N-dealkylation sites (tertiary alicyclic amines) is 2. The van der Waals surface area contributed by atoms with Gasteiger partial charge in [0.25, 0.3) is 0 Å². The van der Waals surface area contributed by atoms with Gasteiger partial charge >= 0.3 is 0 Å². The van der Waals surface area contributed by atoms with E-state index in [4.69, 9.17) is 15.2 Å². The highest BCUT2D eigenvalue weighted by Crippen LogP contribution is 2.41. The van der Waals surface area contributed by atoms with Crippen molar-refractivity contribution in [1.82, 2.24) is 29.3 Å². The predicted octanol–water partition coefficient (Wildman–Crippen LogP) is 3.54. The summed E-state index contributed by atoms with van der Waals surface area (Å²) in [5.41, 5.74) is 10.4. The van der Waals surface area contributed by atoms with Crippen LogP contribution in [0.4, 0.5) is 5.82 Å². The van der Waals surface area contributed by atoms with Crippen molar-refractivity contribution in [3.8, 4) is 40.3 Å². The molecule has 2 fully saturated rings. The average Bonchev–Trinajstić information content (AvgIpc) is 3.32. The van der Waals surface area contributed by atoms with Crippen LogP contribution in [-0.4, -0.2) is 85.8 Å². The number of nitrogens with zero attached hydrogens (tertiary/aromatic N) is 6. The molecule has 6 rings (SSSR count). The third-order valence-corrected chi connectivity index (χ3v) is 8.70. The first-order valence-corrected chi connectivity index (χ1v) is 15.0. The number of pyridine rings is 1. The highest BCUT2D eigenvalue weighted by atomic mass is 16.5. The SMILES string of the molecule is C=CC(=O)N1CCC(N2CC(C#Cc3c(-c4ccc(Oc5cccc(C)n5)c(OC)c4)c4c(N)ncnc4n3C)C2)C[C@H]1CO. The van der Waals surface area contributed by atoms with E-state index in [1.165, 1.54) is 12.4 Å². The minimum Gasteiger partial charge on any atom is -0.493 e. The smallest absolute Gasteiger partial charge is 0.246 e. The molecule has 1 aromatic carbocycles. The molecule has 5 heterocycles. The lowest BCUT2D eigenvalue weighted by atomic mass is 9.90. The fourth-order valence-electron chi connectivity index (χ4n) is 6.31. The molecule has 2 saturated heterocycles. The van der Waals surface area contributed by atoms with Gasteiger partial charge in [0, 0.05) is 56.0 Å². The molecule has 2 aliphatic heterocycles. The first-order chi connectivity index (χ1) is 21.8. The summed E-state index contributed by atoms with van der Waals surface area (Å²) in [6.45, 7) is 7.73. The Labute approximate surface area is 262 Å². The third-order valence-electron chi connectivity index (χ3n) is 8.70.